The van der Waals surface area contributed by atoms with Gasteiger partial charge in [-0.15, -0.1) is 0 Å². The number of carbonyl (C=O) groups excluding carboxylic acids is 1. The quantitative estimate of drug-likeness (QED) is 0.579. The molecular formula is C22H18Cl2N2O. The van der Waals surface area contributed by atoms with Crippen LogP contribution in [0.5, 0.6) is 0 Å². The van der Waals surface area contributed by atoms with Crippen LogP contribution < -0.4 is 5.01 Å². The molecule has 3 nitrogen and oxygen atoms in total. The van der Waals surface area contributed by atoms with Gasteiger partial charge in [0.1, 0.15) is 0 Å². The number of para-hydroxylation sites is 1. The maximum Gasteiger partial charge on any atom is 0.253 e. The lowest BCUT2D eigenvalue weighted by Gasteiger charge is -2.29. The van der Waals surface area contributed by atoms with Gasteiger partial charge in [-0.3, -0.25) is 4.79 Å². The Morgan fingerprint density at radius 3 is 2.44 bits per heavy atom. The Balaban J connectivity index is 1.71. The minimum absolute atomic E-state index is 0.0306. The fraction of sp³-hybridized carbons (Fsp3) is 0.136. The van der Waals surface area contributed by atoms with Crippen molar-refractivity contribution < 1.29 is 4.79 Å². The van der Waals surface area contributed by atoms with Crippen LogP contribution in [0, 0.1) is 0 Å². The third-order valence-electron chi connectivity index (χ3n) is 4.81. The van der Waals surface area contributed by atoms with E-state index in [2.05, 4.69) is 0 Å². The Labute approximate surface area is 168 Å². The van der Waals surface area contributed by atoms with Gasteiger partial charge in [-0.05, 0) is 41.0 Å². The van der Waals surface area contributed by atoms with Gasteiger partial charge in [0.2, 0.25) is 0 Å². The van der Waals surface area contributed by atoms with Crippen molar-refractivity contribution in [3.05, 3.63) is 99.5 Å². The third kappa shape index (κ3) is 3.34. The van der Waals surface area contributed by atoms with Crippen LogP contribution in [0.25, 0.3) is 0 Å². The Kier molecular flexibility index (Phi) is 4.92. The highest BCUT2D eigenvalue weighted by molar-refractivity contribution is 6.33. The fourth-order valence-electron chi connectivity index (χ4n) is 3.60. The summed E-state index contributed by atoms with van der Waals surface area (Å²) in [5.41, 5.74) is 3.78. The van der Waals surface area contributed by atoms with Crippen LogP contribution in [-0.2, 0) is 11.3 Å². The van der Waals surface area contributed by atoms with Crippen molar-refractivity contribution in [3.63, 3.8) is 0 Å². The molecule has 5 heteroatoms. The summed E-state index contributed by atoms with van der Waals surface area (Å²) in [6.07, 6.45) is 0. The lowest BCUT2D eigenvalue weighted by Crippen LogP contribution is -2.42. The van der Waals surface area contributed by atoms with Crippen LogP contribution in [0.1, 0.15) is 22.6 Å². The average molecular weight is 397 g/mol. The minimum Gasteiger partial charge on any atom is -0.272 e. The van der Waals surface area contributed by atoms with Crippen molar-refractivity contribution in [2.24, 2.45) is 0 Å². The number of nitrogens with zero attached hydrogens (tertiary/aromatic N) is 2. The van der Waals surface area contributed by atoms with Crippen LogP contribution in [0.4, 0.5) is 5.69 Å². The molecule has 0 aromatic heterocycles. The van der Waals surface area contributed by atoms with Crippen molar-refractivity contribution in [2.45, 2.75) is 12.5 Å². The first kappa shape index (κ1) is 18.1. The topological polar surface area (TPSA) is 23.6 Å². The Morgan fingerprint density at radius 2 is 1.67 bits per heavy atom. The zero-order chi connectivity index (χ0) is 19.0. The number of carbonyl (C=O) groups is 1. The molecule has 0 fully saturated rings. The Bertz CT molecular complexity index is 991. The zero-order valence-electron chi connectivity index (χ0n) is 14.8. The van der Waals surface area contributed by atoms with Gasteiger partial charge in [0, 0.05) is 23.6 Å². The van der Waals surface area contributed by atoms with E-state index in [0.29, 0.717) is 16.6 Å². The Morgan fingerprint density at radius 1 is 0.963 bits per heavy atom. The largest absolute Gasteiger partial charge is 0.272 e. The smallest absolute Gasteiger partial charge is 0.253 e. The Hall–Kier alpha value is -2.33. The minimum atomic E-state index is -0.306. The first-order chi connectivity index (χ1) is 13.1. The number of hydrazine groups is 1. The van der Waals surface area contributed by atoms with E-state index in [1.165, 1.54) is 0 Å². The number of benzene rings is 3. The second-order valence-electron chi connectivity index (χ2n) is 6.60. The van der Waals surface area contributed by atoms with E-state index in [1.54, 1.807) is 17.1 Å². The van der Waals surface area contributed by atoms with E-state index in [0.717, 1.165) is 22.4 Å². The van der Waals surface area contributed by atoms with Crippen molar-refractivity contribution in [3.8, 4) is 0 Å². The van der Waals surface area contributed by atoms with Crippen LogP contribution in [0.15, 0.2) is 72.8 Å². The van der Waals surface area contributed by atoms with E-state index in [-0.39, 0.29) is 11.8 Å². The number of hydrogen-bond donors (Lipinski definition) is 0. The zero-order valence-corrected chi connectivity index (χ0v) is 16.3. The molecule has 1 aliphatic heterocycles. The molecular weight excluding hydrogens is 379 g/mol. The van der Waals surface area contributed by atoms with E-state index in [1.807, 2.05) is 72.7 Å². The van der Waals surface area contributed by atoms with E-state index in [9.17, 15) is 4.79 Å². The van der Waals surface area contributed by atoms with Gasteiger partial charge in [-0.2, -0.15) is 0 Å². The molecule has 0 bridgehead atoms. The van der Waals surface area contributed by atoms with Gasteiger partial charge in [-0.1, -0.05) is 71.7 Å². The van der Waals surface area contributed by atoms with Crippen molar-refractivity contribution in [2.75, 3.05) is 12.1 Å². The van der Waals surface area contributed by atoms with Crippen molar-refractivity contribution in [1.29, 1.82) is 0 Å². The second-order valence-corrected chi connectivity index (χ2v) is 7.45. The van der Waals surface area contributed by atoms with Crippen LogP contribution in [0.2, 0.25) is 10.0 Å². The highest BCUT2D eigenvalue weighted by Crippen LogP contribution is 2.41. The first-order valence-electron chi connectivity index (χ1n) is 8.69. The summed E-state index contributed by atoms with van der Waals surface area (Å²) in [6.45, 7) is 0.473. The maximum atomic E-state index is 13.4. The lowest BCUT2D eigenvalue weighted by atomic mass is 9.93. The molecule has 0 N–H and O–H groups in total. The molecule has 1 heterocycles. The van der Waals surface area contributed by atoms with Gasteiger partial charge in [-0.25, -0.2) is 10.0 Å². The standard InChI is InChI=1S/C22H18Cl2N2O/c1-25(14-16-13-17(23)11-12-19(16)24)26-20-10-6-5-9-18(20)21(22(26)27)15-7-3-2-4-8-15/h2-13,21H,14H2,1H3/t21-/m0/s1. The highest BCUT2D eigenvalue weighted by atomic mass is 35.5. The van der Waals surface area contributed by atoms with E-state index < -0.39 is 0 Å². The number of halogens is 2. The predicted octanol–water partition coefficient (Wildman–Crippen LogP) is 5.52. The van der Waals surface area contributed by atoms with Crippen LogP contribution in [0.3, 0.4) is 0 Å². The normalized spacial score (nSPS) is 16.1. The lowest BCUT2D eigenvalue weighted by molar-refractivity contribution is -0.121. The molecule has 0 unspecified atom stereocenters. The molecule has 1 atom stereocenters. The van der Waals surface area contributed by atoms with E-state index in [4.69, 9.17) is 23.2 Å². The van der Waals surface area contributed by atoms with Crippen molar-refractivity contribution >= 4 is 34.8 Å². The molecule has 4 rings (SSSR count). The van der Waals surface area contributed by atoms with Gasteiger partial charge < -0.3 is 0 Å². The summed E-state index contributed by atoms with van der Waals surface area (Å²) in [5.74, 6) is -0.275. The molecule has 0 saturated carbocycles. The average Bonchev–Trinajstić information content (AvgIpc) is 2.97. The van der Waals surface area contributed by atoms with Gasteiger partial charge in [0.25, 0.3) is 5.91 Å². The van der Waals surface area contributed by atoms with E-state index >= 15 is 0 Å². The molecule has 0 aliphatic carbocycles. The summed E-state index contributed by atoms with van der Waals surface area (Å²) in [4.78, 5) is 13.4. The van der Waals surface area contributed by atoms with Crippen LogP contribution >= 0.6 is 23.2 Å². The summed E-state index contributed by atoms with van der Waals surface area (Å²) in [7, 11) is 1.89. The maximum absolute atomic E-state index is 13.4. The molecule has 0 saturated heterocycles. The number of fused-ring (bicyclic) bond motifs is 1. The summed E-state index contributed by atoms with van der Waals surface area (Å²) >= 11 is 12.4. The van der Waals surface area contributed by atoms with Crippen molar-refractivity contribution in [1.82, 2.24) is 5.01 Å². The molecule has 1 aliphatic rings. The first-order valence-corrected chi connectivity index (χ1v) is 9.44. The second kappa shape index (κ2) is 7.35. The number of rotatable bonds is 4. The molecule has 27 heavy (non-hydrogen) atoms. The third-order valence-corrected chi connectivity index (χ3v) is 5.42. The fourth-order valence-corrected chi connectivity index (χ4v) is 3.97. The SMILES string of the molecule is CN(Cc1cc(Cl)ccc1Cl)N1C(=O)[C@@H](c2ccccc2)c2ccccc21. The molecule has 3 aromatic rings. The number of amides is 1. The van der Waals surface area contributed by atoms with Gasteiger partial charge in [0.15, 0.2) is 0 Å². The molecule has 136 valence electrons. The number of anilines is 1. The molecule has 3 aromatic carbocycles. The van der Waals surface area contributed by atoms with Gasteiger partial charge in [0.05, 0.1) is 11.6 Å². The number of hydrogen-bond acceptors (Lipinski definition) is 2. The molecule has 0 radical (unpaired) electrons. The summed E-state index contributed by atoms with van der Waals surface area (Å²) in [6, 6.07) is 23.2. The molecule has 1 amide bonds. The van der Waals surface area contributed by atoms with Crippen LogP contribution in [-0.4, -0.2) is 18.0 Å². The monoisotopic (exact) mass is 396 g/mol. The predicted molar refractivity (Wildman–Crippen MR) is 110 cm³/mol. The summed E-state index contributed by atoms with van der Waals surface area (Å²) in [5, 5.41) is 4.88. The summed E-state index contributed by atoms with van der Waals surface area (Å²) < 4.78 is 0. The molecule has 0 spiro atoms. The highest BCUT2D eigenvalue weighted by Gasteiger charge is 2.40. The van der Waals surface area contributed by atoms with Gasteiger partial charge >= 0.3 is 0 Å².